The van der Waals surface area contributed by atoms with Gasteiger partial charge in [-0.25, -0.2) is 0 Å². The van der Waals surface area contributed by atoms with Gasteiger partial charge in [0.05, 0.1) is 0 Å². The van der Waals surface area contributed by atoms with Crippen molar-refractivity contribution in [2.45, 2.75) is 19.6 Å². The van der Waals surface area contributed by atoms with Gasteiger partial charge in [0.2, 0.25) is 0 Å². The molecule has 1 heteroatoms. The zero-order valence-corrected chi connectivity index (χ0v) is 21.8. The van der Waals surface area contributed by atoms with Crippen LogP contribution in [0.2, 0.25) is 19.6 Å². The number of benzene rings is 7. The highest BCUT2D eigenvalue weighted by atomic mass is 28.3. The zero-order valence-electron chi connectivity index (χ0n) is 20.8. The Morgan fingerprint density at radius 2 is 0.944 bits per heavy atom. The van der Waals surface area contributed by atoms with Crippen LogP contribution in [0.15, 0.2) is 103 Å². The quantitative estimate of drug-likeness (QED) is 0.117. The van der Waals surface area contributed by atoms with Crippen molar-refractivity contribution >= 4 is 72.7 Å². The Bertz CT molecular complexity index is 2080. The van der Waals surface area contributed by atoms with Crippen molar-refractivity contribution < 1.29 is 0 Å². The van der Waals surface area contributed by atoms with E-state index in [0.29, 0.717) is 0 Å². The van der Waals surface area contributed by atoms with Crippen LogP contribution in [0.3, 0.4) is 0 Å². The summed E-state index contributed by atoms with van der Waals surface area (Å²) in [5, 5.41) is 15.5. The Hall–Kier alpha value is -4.12. The Labute approximate surface area is 212 Å². The summed E-state index contributed by atoms with van der Waals surface area (Å²) in [4.78, 5) is 0. The molecule has 0 spiro atoms. The molecule has 0 amide bonds. The highest BCUT2D eigenvalue weighted by Crippen LogP contribution is 2.42. The average Bonchev–Trinajstić information content (AvgIpc) is 2.90. The van der Waals surface area contributed by atoms with Crippen LogP contribution in [0, 0.1) is 11.5 Å². The van der Waals surface area contributed by atoms with Gasteiger partial charge in [0, 0.05) is 5.56 Å². The molecule has 0 radical (unpaired) electrons. The molecule has 0 aliphatic rings. The summed E-state index contributed by atoms with van der Waals surface area (Å²) < 4.78 is 0. The minimum absolute atomic E-state index is 1.13. The molecule has 0 aliphatic carbocycles. The van der Waals surface area contributed by atoms with E-state index in [4.69, 9.17) is 0 Å². The molecule has 7 rings (SSSR count). The molecule has 7 aromatic carbocycles. The second kappa shape index (κ2) is 7.69. The first kappa shape index (κ1) is 21.2. The second-order valence-electron chi connectivity index (χ2n) is 10.8. The molecule has 7 aromatic rings. The summed E-state index contributed by atoms with van der Waals surface area (Å²) in [6, 6.07) is 38.0. The normalized spacial score (nSPS) is 12.1. The van der Waals surface area contributed by atoms with Crippen LogP contribution >= 0.6 is 0 Å². The standard InChI is InChI=1S/C35H26Si/c1-36(2,3)21-20-27-22-28-17-16-25-14-12-23-8-4-6-10-29(23)32(25)34(28)35-31(27)19-18-26-15-13-24-9-5-7-11-30(24)33(26)35/h4-19,22H,1-3H3. The topological polar surface area (TPSA) is 0 Å². The van der Waals surface area contributed by atoms with E-state index >= 15 is 0 Å². The maximum atomic E-state index is 3.64. The van der Waals surface area contributed by atoms with Crippen molar-refractivity contribution in [2.75, 3.05) is 0 Å². The molecule has 0 unspecified atom stereocenters. The highest BCUT2D eigenvalue weighted by molar-refractivity contribution is 6.83. The van der Waals surface area contributed by atoms with Crippen LogP contribution < -0.4 is 0 Å². The highest BCUT2D eigenvalue weighted by Gasteiger charge is 2.16. The van der Waals surface area contributed by atoms with Gasteiger partial charge in [-0.15, -0.1) is 5.54 Å². The lowest BCUT2D eigenvalue weighted by atomic mass is 9.87. The van der Waals surface area contributed by atoms with Crippen LogP contribution in [0.25, 0.3) is 64.6 Å². The summed E-state index contributed by atoms with van der Waals surface area (Å²) in [6.45, 7) is 6.93. The van der Waals surface area contributed by atoms with Gasteiger partial charge in [-0.3, -0.25) is 0 Å². The summed E-state index contributed by atoms with van der Waals surface area (Å²) in [7, 11) is -1.53. The molecule has 170 valence electrons. The number of fused-ring (bicyclic) bond motifs is 11. The monoisotopic (exact) mass is 474 g/mol. The second-order valence-corrected chi connectivity index (χ2v) is 15.6. The fraction of sp³-hybridized carbons (Fsp3) is 0.0857. The molecule has 0 saturated heterocycles. The summed E-state index contributed by atoms with van der Waals surface area (Å²) in [5.74, 6) is 3.63. The molecule has 0 aromatic heterocycles. The van der Waals surface area contributed by atoms with E-state index in [-0.39, 0.29) is 0 Å². The number of hydrogen-bond acceptors (Lipinski definition) is 0. The average molecular weight is 475 g/mol. The largest absolute Gasteiger partial charge is 0.129 e. The summed E-state index contributed by atoms with van der Waals surface area (Å²) >= 11 is 0. The van der Waals surface area contributed by atoms with Crippen molar-refractivity contribution in [2.24, 2.45) is 0 Å². The Morgan fingerprint density at radius 3 is 1.56 bits per heavy atom. The maximum Gasteiger partial charge on any atom is 0.129 e. The predicted octanol–water partition coefficient (Wildman–Crippen LogP) is 9.83. The first-order valence-corrected chi connectivity index (χ1v) is 16.1. The van der Waals surface area contributed by atoms with Crippen LogP contribution in [0.4, 0.5) is 0 Å². The fourth-order valence-corrected chi connectivity index (χ4v) is 6.19. The van der Waals surface area contributed by atoms with Crippen molar-refractivity contribution in [1.29, 1.82) is 0 Å². The molecule has 0 atom stereocenters. The van der Waals surface area contributed by atoms with E-state index in [2.05, 4.69) is 134 Å². The molecule has 36 heavy (non-hydrogen) atoms. The van der Waals surface area contributed by atoms with E-state index in [0.717, 1.165) is 5.56 Å². The van der Waals surface area contributed by atoms with Crippen LogP contribution in [-0.4, -0.2) is 8.07 Å². The lowest BCUT2D eigenvalue weighted by Gasteiger charge is -2.16. The minimum atomic E-state index is -1.53. The van der Waals surface area contributed by atoms with Gasteiger partial charge in [-0.1, -0.05) is 123 Å². The number of rotatable bonds is 0. The lowest BCUT2D eigenvalue weighted by molar-refractivity contribution is 1.76. The molecule has 0 aliphatic heterocycles. The minimum Gasteiger partial charge on any atom is -0.127 e. The van der Waals surface area contributed by atoms with Crippen molar-refractivity contribution in [3.8, 4) is 11.5 Å². The summed E-state index contributed by atoms with van der Waals surface area (Å²) in [5.41, 5.74) is 4.77. The van der Waals surface area contributed by atoms with Gasteiger partial charge in [-0.2, -0.15) is 0 Å². The van der Waals surface area contributed by atoms with E-state index in [1.54, 1.807) is 0 Å². The third kappa shape index (κ3) is 3.23. The molecule has 0 bridgehead atoms. The van der Waals surface area contributed by atoms with E-state index in [9.17, 15) is 0 Å². The van der Waals surface area contributed by atoms with Gasteiger partial charge < -0.3 is 0 Å². The predicted molar refractivity (Wildman–Crippen MR) is 162 cm³/mol. The van der Waals surface area contributed by atoms with Gasteiger partial charge in [0.15, 0.2) is 0 Å². The van der Waals surface area contributed by atoms with Crippen molar-refractivity contribution in [3.05, 3.63) is 109 Å². The Kier molecular flexibility index (Phi) is 4.52. The van der Waals surface area contributed by atoms with Gasteiger partial charge in [0.1, 0.15) is 8.07 Å². The van der Waals surface area contributed by atoms with Gasteiger partial charge in [-0.05, 0) is 70.7 Å². The molecule has 0 nitrogen and oxygen atoms in total. The van der Waals surface area contributed by atoms with E-state index < -0.39 is 8.07 Å². The van der Waals surface area contributed by atoms with Crippen LogP contribution in [0.5, 0.6) is 0 Å². The van der Waals surface area contributed by atoms with Crippen molar-refractivity contribution in [3.63, 3.8) is 0 Å². The number of hydrogen-bond donors (Lipinski definition) is 0. The van der Waals surface area contributed by atoms with Gasteiger partial charge in [0.25, 0.3) is 0 Å². The molecule has 0 N–H and O–H groups in total. The molecule has 0 heterocycles. The van der Waals surface area contributed by atoms with Crippen molar-refractivity contribution in [1.82, 2.24) is 0 Å². The van der Waals surface area contributed by atoms with Crippen LogP contribution in [0.1, 0.15) is 5.56 Å². The fourth-order valence-electron chi connectivity index (χ4n) is 5.68. The summed E-state index contributed by atoms with van der Waals surface area (Å²) in [6.07, 6.45) is 0. The Morgan fingerprint density at radius 1 is 0.444 bits per heavy atom. The van der Waals surface area contributed by atoms with Gasteiger partial charge >= 0.3 is 0 Å². The molecular weight excluding hydrogens is 448 g/mol. The first-order chi connectivity index (χ1) is 17.5. The lowest BCUT2D eigenvalue weighted by Crippen LogP contribution is -2.16. The Balaban J connectivity index is 1.83. The smallest absolute Gasteiger partial charge is 0.127 e. The SMILES string of the molecule is C[Si](C)(C)C#Cc1cc2ccc3ccc4ccccc4c3c2c2c1ccc1ccc3ccccc3c12. The van der Waals surface area contributed by atoms with Crippen LogP contribution in [-0.2, 0) is 0 Å². The third-order valence-electron chi connectivity index (χ3n) is 7.26. The zero-order chi connectivity index (χ0) is 24.4. The molecule has 0 fully saturated rings. The molecular formula is C35H26Si. The maximum absolute atomic E-state index is 3.64. The van der Waals surface area contributed by atoms with E-state index in [1.807, 2.05) is 0 Å². The molecule has 0 saturated carbocycles. The van der Waals surface area contributed by atoms with E-state index in [1.165, 1.54) is 64.6 Å². The first-order valence-electron chi connectivity index (χ1n) is 12.6. The third-order valence-corrected chi connectivity index (χ3v) is 8.14.